The van der Waals surface area contributed by atoms with Gasteiger partial charge in [-0.3, -0.25) is 15.1 Å². The summed E-state index contributed by atoms with van der Waals surface area (Å²) >= 11 is 0. The quantitative estimate of drug-likeness (QED) is 0.545. The number of aldehydes is 1. The first-order valence-electron chi connectivity index (χ1n) is 10.4. The van der Waals surface area contributed by atoms with Crippen LogP contribution in [0.4, 0.5) is 11.5 Å². The van der Waals surface area contributed by atoms with Crippen LogP contribution < -0.4 is 5.32 Å². The Balaban J connectivity index is 1.43. The van der Waals surface area contributed by atoms with Gasteiger partial charge in [0.25, 0.3) is 0 Å². The first-order chi connectivity index (χ1) is 14.7. The highest BCUT2D eigenvalue weighted by Gasteiger charge is 2.38. The van der Waals surface area contributed by atoms with Crippen LogP contribution in [0, 0.1) is 12.8 Å². The molecule has 4 heterocycles. The first kappa shape index (κ1) is 19.0. The highest BCUT2D eigenvalue weighted by Crippen LogP contribution is 2.42. The molecule has 1 fully saturated rings. The predicted molar refractivity (Wildman–Crippen MR) is 114 cm³/mol. The van der Waals surface area contributed by atoms with Gasteiger partial charge < -0.3 is 14.8 Å². The molecule has 0 amide bonds. The summed E-state index contributed by atoms with van der Waals surface area (Å²) in [5.74, 6) is 1.21. The highest BCUT2D eigenvalue weighted by atomic mass is 16.5. The van der Waals surface area contributed by atoms with Crippen LogP contribution in [0.3, 0.4) is 0 Å². The fourth-order valence-electron chi connectivity index (χ4n) is 4.72. The molecule has 156 valence electrons. The third-order valence-electron chi connectivity index (χ3n) is 6.23. The van der Waals surface area contributed by atoms with Gasteiger partial charge in [-0.15, -0.1) is 0 Å². The minimum absolute atomic E-state index is 0.135. The fraction of sp³-hybridized carbons (Fsp3) is 0.409. The predicted octanol–water partition coefficient (Wildman–Crippen LogP) is 2.99. The molecule has 5 rings (SSSR count). The van der Waals surface area contributed by atoms with E-state index < -0.39 is 0 Å². The van der Waals surface area contributed by atoms with E-state index in [0.717, 1.165) is 72.9 Å². The van der Waals surface area contributed by atoms with Crippen LogP contribution in [0.1, 0.15) is 29.4 Å². The van der Waals surface area contributed by atoms with E-state index in [9.17, 15) is 4.79 Å². The molecule has 2 aliphatic rings. The van der Waals surface area contributed by atoms with Gasteiger partial charge in [-0.2, -0.15) is 10.2 Å². The average Bonchev–Trinajstić information content (AvgIpc) is 3.51. The van der Waals surface area contributed by atoms with E-state index in [1.54, 1.807) is 0 Å². The Kier molecular flexibility index (Phi) is 5.10. The van der Waals surface area contributed by atoms with Crippen LogP contribution in [-0.4, -0.2) is 57.9 Å². The Morgan fingerprint density at radius 1 is 1.30 bits per heavy atom. The minimum Gasteiger partial charge on any atom is -0.381 e. The zero-order chi connectivity index (χ0) is 20.5. The Bertz CT molecular complexity index is 1020. The van der Waals surface area contributed by atoms with Gasteiger partial charge in [0, 0.05) is 60.2 Å². The van der Waals surface area contributed by atoms with Crippen molar-refractivity contribution in [1.82, 2.24) is 25.3 Å². The molecule has 3 aromatic rings. The maximum absolute atomic E-state index is 11.3. The van der Waals surface area contributed by atoms with Crippen LogP contribution in [0.5, 0.6) is 0 Å². The van der Waals surface area contributed by atoms with Gasteiger partial charge in [-0.25, -0.2) is 0 Å². The van der Waals surface area contributed by atoms with Crippen molar-refractivity contribution in [3.63, 3.8) is 0 Å². The van der Waals surface area contributed by atoms with E-state index in [0.29, 0.717) is 12.5 Å². The number of aromatic amines is 2. The van der Waals surface area contributed by atoms with E-state index in [2.05, 4.69) is 54.9 Å². The summed E-state index contributed by atoms with van der Waals surface area (Å²) in [5.41, 5.74) is 6.51. The number of fused-ring (bicyclic) bond motifs is 1. The maximum Gasteiger partial charge on any atom is 0.157 e. The van der Waals surface area contributed by atoms with E-state index in [1.165, 1.54) is 5.56 Å². The van der Waals surface area contributed by atoms with Gasteiger partial charge in [0.2, 0.25) is 0 Å². The van der Waals surface area contributed by atoms with Crippen LogP contribution >= 0.6 is 0 Å². The van der Waals surface area contributed by atoms with Crippen LogP contribution in [0.25, 0.3) is 11.1 Å². The van der Waals surface area contributed by atoms with E-state index in [1.807, 2.05) is 13.1 Å². The van der Waals surface area contributed by atoms with Gasteiger partial charge in [-0.1, -0.05) is 12.1 Å². The second kappa shape index (κ2) is 8.04. The molecule has 0 spiro atoms. The Morgan fingerprint density at radius 3 is 2.87 bits per heavy atom. The van der Waals surface area contributed by atoms with Crippen LogP contribution in [0.15, 0.2) is 30.5 Å². The van der Waals surface area contributed by atoms with Crippen molar-refractivity contribution in [2.24, 2.45) is 5.92 Å². The normalized spacial score (nSPS) is 21.5. The van der Waals surface area contributed by atoms with Gasteiger partial charge in [0.05, 0.1) is 18.8 Å². The lowest BCUT2D eigenvalue weighted by Gasteiger charge is -2.37. The lowest BCUT2D eigenvalue weighted by atomic mass is 9.87. The van der Waals surface area contributed by atoms with Crippen molar-refractivity contribution in [3.8, 4) is 11.1 Å². The van der Waals surface area contributed by atoms with Crippen molar-refractivity contribution in [1.29, 1.82) is 0 Å². The number of rotatable bonds is 6. The minimum atomic E-state index is 0.135. The summed E-state index contributed by atoms with van der Waals surface area (Å²) in [6.45, 7) is 4.78. The lowest BCUT2D eigenvalue weighted by molar-refractivity contribution is -0.109. The monoisotopic (exact) mass is 406 g/mol. The number of nitrogens with one attached hydrogen (secondary N) is 3. The third-order valence-corrected chi connectivity index (χ3v) is 6.23. The number of hydrogen-bond acceptors (Lipinski definition) is 6. The number of ether oxygens (including phenoxy) is 1. The molecule has 0 bridgehead atoms. The number of carbonyl (C=O) groups excluding carboxylic acids is 1. The Labute approximate surface area is 175 Å². The third kappa shape index (κ3) is 3.42. The number of carbonyl (C=O) groups is 1. The largest absolute Gasteiger partial charge is 0.381 e. The van der Waals surface area contributed by atoms with Crippen molar-refractivity contribution < 1.29 is 9.53 Å². The van der Waals surface area contributed by atoms with Gasteiger partial charge in [-0.05, 0) is 31.0 Å². The lowest BCUT2D eigenvalue weighted by Crippen LogP contribution is -2.40. The van der Waals surface area contributed by atoms with Crippen LogP contribution in [0.2, 0.25) is 0 Å². The number of hydrogen-bond donors (Lipinski definition) is 3. The SMILES string of the molecule is Cc1n[nH]cc1-c1ccc(Nc2n[nH]c3c2C([C@@H]2CCOC2)N(CC=O)CC3)cc1. The molecule has 1 aromatic carbocycles. The highest BCUT2D eigenvalue weighted by molar-refractivity contribution is 5.69. The summed E-state index contributed by atoms with van der Waals surface area (Å²) < 4.78 is 5.67. The molecule has 1 saturated heterocycles. The molecule has 2 aliphatic heterocycles. The van der Waals surface area contributed by atoms with Gasteiger partial charge >= 0.3 is 0 Å². The summed E-state index contributed by atoms with van der Waals surface area (Å²) in [7, 11) is 0. The topological polar surface area (TPSA) is 98.9 Å². The second-order valence-electron chi connectivity index (χ2n) is 8.03. The standard InChI is InChI=1S/C22H26N6O2/c1-14-18(12-23-25-14)15-2-4-17(5-3-15)24-22-20-19(26-27-22)6-8-28(9-10-29)21(20)16-7-11-30-13-16/h2-5,10,12,16,21H,6-9,11,13H2,1H3,(H,23,25)(H2,24,26,27)/t16-,21?/m1/s1. The Morgan fingerprint density at radius 2 is 2.17 bits per heavy atom. The molecule has 2 aromatic heterocycles. The molecule has 8 heteroatoms. The molecular weight excluding hydrogens is 380 g/mol. The Hall–Kier alpha value is -2.97. The molecule has 0 aliphatic carbocycles. The summed E-state index contributed by atoms with van der Waals surface area (Å²) in [6, 6.07) is 8.42. The van der Waals surface area contributed by atoms with Crippen molar-refractivity contribution >= 4 is 17.8 Å². The molecule has 8 nitrogen and oxygen atoms in total. The first-order valence-corrected chi connectivity index (χ1v) is 10.4. The van der Waals surface area contributed by atoms with E-state index >= 15 is 0 Å². The summed E-state index contributed by atoms with van der Waals surface area (Å²) in [5, 5.41) is 18.4. The second-order valence-corrected chi connectivity index (χ2v) is 8.03. The van der Waals surface area contributed by atoms with Gasteiger partial charge in [0.15, 0.2) is 5.82 Å². The van der Waals surface area contributed by atoms with Crippen molar-refractivity contribution in [3.05, 3.63) is 47.4 Å². The van der Waals surface area contributed by atoms with Crippen LogP contribution in [-0.2, 0) is 16.0 Å². The average molecular weight is 406 g/mol. The maximum atomic E-state index is 11.3. The molecular formula is C22H26N6O2. The molecule has 0 saturated carbocycles. The molecule has 30 heavy (non-hydrogen) atoms. The summed E-state index contributed by atoms with van der Waals surface area (Å²) in [4.78, 5) is 13.6. The number of H-pyrrole nitrogens is 2. The van der Waals surface area contributed by atoms with E-state index in [-0.39, 0.29) is 6.04 Å². The number of nitrogens with zero attached hydrogens (tertiary/aromatic N) is 3. The number of anilines is 2. The summed E-state index contributed by atoms with van der Waals surface area (Å²) in [6.07, 6.45) is 4.78. The zero-order valence-corrected chi connectivity index (χ0v) is 17.0. The molecule has 0 radical (unpaired) electrons. The smallest absolute Gasteiger partial charge is 0.157 e. The zero-order valence-electron chi connectivity index (χ0n) is 17.0. The van der Waals surface area contributed by atoms with Crippen molar-refractivity contribution in [2.75, 3.05) is 31.6 Å². The molecule has 2 atom stereocenters. The number of benzene rings is 1. The van der Waals surface area contributed by atoms with Crippen molar-refractivity contribution in [2.45, 2.75) is 25.8 Å². The number of aromatic nitrogens is 4. The van der Waals surface area contributed by atoms with E-state index in [4.69, 9.17) is 4.74 Å². The fourth-order valence-corrected chi connectivity index (χ4v) is 4.72. The molecule has 3 N–H and O–H groups in total. The van der Waals surface area contributed by atoms with Gasteiger partial charge in [0.1, 0.15) is 6.29 Å². The molecule has 1 unspecified atom stereocenters. The number of aryl methyl sites for hydroxylation is 1.